The van der Waals surface area contributed by atoms with E-state index in [0.717, 1.165) is 32.1 Å². The van der Waals surface area contributed by atoms with Crippen LogP contribution in [0.4, 0.5) is 0 Å². The first-order valence-electron chi connectivity index (χ1n) is 13.9. The molecule has 4 nitrogen and oxygen atoms in total. The molecule has 0 aliphatic rings. The number of aromatic hydroxyl groups is 1. The predicted octanol–water partition coefficient (Wildman–Crippen LogP) is 8.56. The van der Waals surface area contributed by atoms with Crippen molar-refractivity contribution in [2.24, 2.45) is 0 Å². The van der Waals surface area contributed by atoms with Crippen molar-refractivity contribution in [3.63, 3.8) is 0 Å². The third kappa shape index (κ3) is 14.9. The number of unbranched alkanes of at least 4 members (excludes halogenated alkanes) is 13. The highest BCUT2D eigenvalue weighted by molar-refractivity contribution is 5.95. The Morgan fingerprint density at radius 1 is 0.788 bits per heavy atom. The molecule has 0 spiro atoms. The van der Waals surface area contributed by atoms with Crippen molar-refractivity contribution in [2.75, 3.05) is 6.61 Å². The second-order valence-corrected chi connectivity index (χ2v) is 9.53. The standard InChI is InChI=1S/C29H51NO3/c1-4-7-9-11-13-14-15-17-19-21-33-28-23-25(22-27(31)24-28)29(32)30-26(6-3)20-18-16-12-10-8-5-2/h22-24,26,31H,4-21H2,1-3H3,(H,30,32). The lowest BCUT2D eigenvalue weighted by molar-refractivity contribution is 0.0932. The SMILES string of the molecule is CCCCCCCCCCCOc1cc(O)cc(C(=O)NC(CC)CCCCCCCC)c1. The van der Waals surface area contributed by atoms with Crippen LogP contribution in [0.25, 0.3) is 0 Å². The third-order valence-corrected chi connectivity index (χ3v) is 6.40. The zero-order valence-electron chi connectivity index (χ0n) is 21.8. The van der Waals surface area contributed by atoms with Crippen molar-refractivity contribution in [3.8, 4) is 11.5 Å². The van der Waals surface area contributed by atoms with Gasteiger partial charge < -0.3 is 15.2 Å². The fourth-order valence-corrected chi connectivity index (χ4v) is 4.22. The van der Waals surface area contributed by atoms with Gasteiger partial charge in [-0.1, -0.05) is 111 Å². The van der Waals surface area contributed by atoms with Crippen LogP contribution in [0.1, 0.15) is 140 Å². The van der Waals surface area contributed by atoms with Crippen molar-refractivity contribution in [2.45, 2.75) is 136 Å². The number of hydrogen-bond donors (Lipinski definition) is 2. The van der Waals surface area contributed by atoms with Gasteiger partial charge in [0.2, 0.25) is 0 Å². The summed E-state index contributed by atoms with van der Waals surface area (Å²) >= 11 is 0. The Balaban J connectivity index is 2.33. The summed E-state index contributed by atoms with van der Waals surface area (Å²) in [5.41, 5.74) is 0.471. The first-order valence-corrected chi connectivity index (χ1v) is 13.9. The summed E-state index contributed by atoms with van der Waals surface area (Å²) in [7, 11) is 0. The molecule has 190 valence electrons. The lowest BCUT2D eigenvalue weighted by Gasteiger charge is -2.17. The molecule has 1 aromatic carbocycles. The third-order valence-electron chi connectivity index (χ3n) is 6.40. The minimum absolute atomic E-state index is 0.0775. The van der Waals surface area contributed by atoms with Crippen LogP contribution in [0.15, 0.2) is 18.2 Å². The number of amides is 1. The molecule has 1 unspecified atom stereocenters. The predicted molar refractivity (Wildman–Crippen MR) is 140 cm³/mol. The highest BCUT2D eigenvalue weighted by atomic mass is 16.5. The monoisotopic (exact) mass is 461 g/mol. The van der Waals surface area contributed by atoms with E-state index >= 15 is 0 Å². The zero-order valence-corrected chi connectivity index (χ0v) is 21.8. The summed E-state index contributed by atoms with van der Waals surface area (Å²) < 4.78 is 5.84. The smallest absolute Gasteiger partial charge is 0.251 e. The average Bonchev–Trinajstić information content (AvgIpc) is 2.81. The minimum Gasteiger partial charge on any atom is -0.508 e. The van der Waals surface area contributed by atoms with Gasteiger partial charge in [-0.25, -0.2) is 0 Å². The van der Waals surface area contributed by atoms with E-state index in [-0.39, 0.29) is 17.7 Å². The van der Waals surface area contributed by atoms with Gasteiger partial charge in [0.25, 0.3) is 5.91 Å². The number of carbonyl (C=O) groups is 1. The van der Waals surface area contributed by atoms with Crippen molar-refractivity contribution >= 4 is 5.91 Å². The van der Waals surface area contributed by atoms with Crippen molar-refractivity contribution in [3.05, 3.63) is 23.8 Å². The maximum absolute atomic E-state index is 12.8. The number of hydrogen-bond acceptors (Lipinski definition) is 3. The summed E-state index contributed by atoms with van der Waals surface area (Å²) in [5.74, 6) is 0.522. The van der Waals surface area contributed by atoms with Gasteiger partial charge in [0.1, 0.15) is 11.5 Å². The molecule has 0 aliphatic heterocycles. The summed E-state index contributed by atoms with van der Waals surface area (Å²) in [5, 5.41) is 13.2. The van der Waals surface area contributed by atoms with Gasteiger partial charge in [-0.15, -0.1) is 0 Å². The summed E-state index contributed by atoms with van der Waals surface area (Å²) in [6.45, 7) is 7.22. The van der Waals surface area contributed by atoms with Gasteiger partial charge in [0, 0.05) is 17.7 Å². The second-order valence-electron chi connectivity index (χ2n) is 9.53. The molecule has 4 heteroatoms. The van der Waals surface area contributed by atoms with Crippen LogP contribution in [-0.2, 0) is 0 Å². The fourth-order valence-electron chi connectivity index (χ4n) is 4.22. The van der Waals surface area contributed by atoms with Gasteiger partial charge in [-0.2, -0.15) is 0 Å². The Kier molecular flexibility index (Phi) is 17.5. The van der Waals surface area contributed by atoms with E-state index in [1.807, 2.05) is 0 Å². The molecule has 1 atom stereocenters. The summed E-state index contributed by atoms with van der Waals surface area (Å²) in [6, 6.07) is 5.05. The van der Waals surface area contributed by atoms with E-state index in [4.69, 9.17) is 4.74 Å². The number of nitrogens with one attached hydrogen (secondary N) is 1. The molecule has 1 amide bonds. The molecule has 2 N–H and O–H groups in total. The van der Waals surface area contributed by atoms with Crippen molar-refractivity contribution in [1.29, 1.82) is 0 Å². The zero-order chi connectivity index (χ0) is 24.2. The summed E-state index contributed by atoms with van der Waals surface area (Å²) in [6.07, 6.45) is 20.9. The Morgan fingerprint density at radius 2 is 1.33 bits per heavy atom. The fraction of sp³-hybridized carbons (Fsp3) is 0.759. The normalized spacial score (nSPS) is 12.0. The number of benzene rings is 1. The molecular formula is C29H51NO3. The van der Waals surface area contributed by atoms with E-state index in [1.54, 1.807) is 12.1 Å². The molecule has 0 radical (unpaired) electrons. The van der Waals surface area contributed by atoms with Crippen molar-refractivity contribution in [1.82, 2.24) is 5.32 Å². The molecule has 0 fully saturated rings. The highest BCUT2D eigenvalue weighted by Gasteiger charge is 2.14. The molecular weight excluding hydrogens is 410 g/mol. The first kappa shape index (κ1) is 29.3. The van der Waals surface area contributed by atoms with E-state index in [9.17, 15) is 9.90 Å². The Morgan fingerprint density at radius 3 is 1.91 bits per heavy atom. The van der Waals surface area contributed by atoms with Crippen molar-refractivity contribution < 1.29 is 14.6 Å². The summed E-state index contributed by atoms with van der Waals surface area (Å²) in [4.78, 5) is 12.8. The van der Waals surface area contributed by atoms with E-state index < -0.39 is 0 Å². The minimum atomic E-state index is -0.128. The molecule has 0 bridgehead atoms. The number of phenols is 1. The van der Waals surface area contributed by atoms with E-state index in [1.165, 1.54) is 83.1 Å². The van der Waals surface area contributed by atoms with Gasteiger partial charge in [0.05, 0.1) is 6.61 Å². The molecule has 33 heavy (non-hydrogen) atoms. The second kappa shape index (κ2) is 19.7. The number of carbonyl (C=O) groups excluding carboxylic acids is 1. The maximum Gasteiger partial charge on any atom is 0.251 e. The topological polar surface area (TPSA) is 58.6 Å². The van der Waals surface area contributed by atoms with E-state index in [0.29, 0.717) is 17.9 Å². The largest absolute Gasteiger partial charge is 0.508 e. The molecule has 0 saturated carbocycles. The Labute approximate surface area is 203 Å². The van der Waals surface area contributed by atoms with Crippen LogP contribution in [0.2, 0.25) is 0 Å². The number of ether oxygens (including phenoxy) is 1. The van der Waals surface area contributed by atoms with Crippen LogP contribution in [0, 0.1) is 0 Å². The quantitative estimate of drug-likeness (QED) is 0.180. The van der Waals surface area contributed by atoms with Gasteiger partial charge >= 0.3 is 0 Å². The molecule has 0 saturated heterocycles. The van der Waals surface area contributed by atoms with Crippen LogP contribution in [0.3, 0.4) is 0 Å². The molecule has 0 aromatic heterocycles. The highest BCUT2D eigenvalue weighted by Crippen LogP contribution is 2.23. The molecule has 0 aliphatic carbocycles. The Bertz CT molecular complexity index is 617. The molecule has 0 heterocycles. The molecule has 1 rings (SSSR count). The molecule has 1 aromatic rings. The average molecular weight is 462 g/mol. The van der Waals surface area contributed by atoms with Crippen LogP contribution in [-0.4, -0.2) is 23.7 Å². The lowest BCUT2D eigenvalue weighted by atomic mass is 10.0. The van der Waals surface area contributed by atoms with Crippen LogP contribution >= 0.6 is 0 Å². The van der Waals surface area contributed by atoms with Crippen LogP contribution < -0.4 is 10.1 Å². The van der Waals surface area contributed by atoms with Crippen LogP contribution in [0.5, 0.6) is 11.5 Å². The Hall–Kier alpha value is -1.71. The van der Waals surface area contributed by atoms with E-state index in [2.05, 4.69) is 26.1 Å². The first-order chi connectivity index (χ1) is 16.1. The number of phenolic OH excluding ortho intramolecular Hbond substituents is 1. The van der Waals surface area contributed by atoms with Gasteiger partial charge in [0.15, 0.2) is 0 Å². The maximum atomic E-state index is 12.8. The van der Waals surface area contributed by atoms with Gasteiger partial charge in [-0.05, 0) is 31.4 Å². The lowest BCUT2D eigenvalue weighted by Crippen LogP contribution is -2.34. The number of rotatable bonds is 21. The van der Waals surface area contributed by atoms with Gasteiger partial charge in [-0.3, -0.25) is 4.79 Å².